The first kappa shape index (κ1) is 14.7. The number of benzene rings is 1. The summed E-state index contributed by atoms with van der Waals surface area (Å²) in [7, 11) is 0. The van der Waals surface area contributed by atoms with E-state index < -0.39 is 0 Å². The smallest absolute Gasteiger partial charge is 0.290 e. The molecule has 20 heavy (non-hydrogen) atoms. The second kappa shape index (κ2) is 7.17. The van der Waals surface area contributed by atoms with E-state index in [1.54, 1.807) is 0 Å². The molecule has 3 N–H and O–H groups in total. The van der Waals surface area contributed by atoms with E-state index in [1.807, 2.05) is 18.2 Å². The summed E-state index contributed by atoms with van der Waals surface area (Å²) in [6, 6.07) is 7.98. The van der Waals surface area contributed by atoms with Crippen LogP contribution in [-0.4, -0.2) is 24.1 Å². The van der Waals surface area contributed by atoms with Crippen molar-refractivity contribution in [3.05, 3.63) is 42.5 Å². The van der Waals surface area contributed by atoms with Crippen LogP contribution in [0.3, 0.4) is 0 Å². The van der Waals surface area contributed by atoms with Gasteiger partial charge in [0.1, 0.15) is 11.6 Å². The van der Waals surface area contributed by atoms with Crippen LogP contribution in [0.15, 0.2) is 41.9 Å². The van der Waals surface area contributed by atoms with Crippen molar-refractivity contribution in [3.8, 4) is 5.75 Å². The van der Waals surface area contributed by atoms with Crippen LogP contribution in [0.2, 0.25) is 0 Å². The van der Waals surface area contributed by atoms with Gasteiger partial charge in [-0.05, 0) is 61.3 Å². The van der Waals surface area contributed by atoms with Gasteiger partial charge in [-0.2, -0.15) is 4.99 Å². The Bertz CT molecular complexity index is 522. The molecule has 4 nitrogen and oxygen atoms in total. The molecule has 1 saturated heterocycles. The fourth-order valence-corrected chi connectivity index (χ4v) is 2.44. The third kappa shape index (κ3) is 4.15. The molecule has 0 spiro atoms. The molecule has 1 aromatic rings. The fraction of sp³-hybridized carbons (Fsp3) is 0.333. The van der Waals surface area contributed by atoms with Crippen LogP contribution in [0, 0.1) is 0 Å². The van der Waals surface area contributed by atoms with Crippen LogP contribution in [0.4, 0.5) is 0 Å². The summed E-state index contributed by atoms with van der Waals surface area (Å²) in [4.78, 5) is 3.91. The lowest BCUT2D eigenvalue weighted by Gasteiger charge is -2.23. The van der Waals surface area contributed by atoms with Gasteiger partial charge in [0.15, 0.2) is 0 Å². The van der Waals surface area contributed by atoms with E-state index in [9.17, 15) is 0 Å². The van der Waals surface area contributed by atoms with Gasteiger partial charge in [-0.25, -0.2) is 0 Å². The first-order valence-electron chi connectivity index (χ1n) is 6.68. The molecule has 1 unspecified atom stereocenters. The minimum Gasteiger partial charge on any atom is -0.430 e. The van der Waals surface area contributed by atoms with Crippen molar-refractivity contribution in [2.75, 3.05) is 13.1 Å². The number of amidine groups is 1. The summed E-state index contributed by atoms with van der Waals surface area (Å²) >= 11 is 5.03. The molecule has 5 heteroatoms. The molecule has 0 bridgehead atoms. The maximum atomic E-state index is 5.53. The highest BCUT2D eigenvalue weighted by atomic mass is 32.1. The standard InChI is InChI=1S/C15H19N3OS/c1-2-14(16)18-15(20)19-13-7-3-5-11(9-13)12-6-4-8-17-10-12/h2-3,5,7,9,12,17H,1,4,6,8,10H2,(H2,16,18,20). The Morgan fingerprint density at radius 3 is 3.10 bits per heavy atom. The van der Waals surface area contributed by atoms with Gasteiger partial charge in [0, 0.05) is 6.54 Å². The van der Waals surface area contributed by atoms with Crippen molar-refractivity contribution in [3.63, 3.8) is 0 Å². The summed E-state index contributed by atoms with van der Waals surface area (Å²) in [6.45, 7) is 5.63. The second-order valence-corrected chi connectivity index (χ2v) is 5.07. The normalized spacial score (nSPS) is 19.4. The number of hydrogen-bond donors (Lipinski definition) is 2. The first-order chi connectivity index (χ1) is 9.69. The predicted molar refractivity (Wildman–Crippen MR) is 86.3 cm³/mol. The highest BCUT2D eigenvalue weighted by Crippen LogP contribution is 2.26. The van der Waals surface area contributed by atoms with E-state index in [4.69, 9.17) is 22.7 Å². The molecule has 2 rings (SSSR count). The van der Waals surface area contributed by atoms with E-state index in [2.05, 4.69) is 23.0 Å². The van der Waals surface area contributed by atoms with E-state index in [-0.39, 0.29) is 11.0 Å². The Morgan fingerprint density at radius 1 is 1.55 bits per heavy atom. The Kier molecular flexibility index (Phi) is 5.26. The van der Waals surface area contributed by atoms with E-state index >= 15 is 0 Å². The number of hydrogen-bond acceptors (Lipinski definition) is 3. The lowest BCUT2D eigenvalue weighted by Crippen LogP contribution is -2.28. The summed E-state index contributed by atoms with van der Waals surface area (Å²) < 4.78 is 5.51. The SMILES string of the molecule is C=C/C(N)=N/C(=S)Oc1cccc(C2CCCNC2)c1. The molecule has 1 heterocycles. The van der Waals surface area contributed by atoms with Crippen LogP contribution in [-0.2, 0) is 0 Å². The van der Waals surface area contributed by atoms with Crippen LogP contribution in [0.25, 0.3) is 0 Å². The average molecular weight is 289 g/mol. The lowest BCUT2D eigenvalue weighted by atomic mass is 9.92. The summed E-state index contributed by atoms with van der Waals surface area (Å²) in [6.07, 6.45) is 3.83. The van der Waals surface area contributed by atoms with Gasteiger partial charge in [0.25, 0.3) is 5.17 Å². The van der Waals surface area contributed by atoms with Gasteiger partial charge in [-0.15, -0.1) is 0 Å². The Hall–Kier alpha value is -1.72. The molecule has 1 aliphatic rings. The number of ether oxygens (including phenoxy) is 1. The summed E-state index contributed by atoms with van der Waals surface area (Å²) in [5.41, 5.74) is 6.79. The van der Waals surface area contributed by atoms with Crippen LogP contribution < -0.4 is 15.8 Å². The minimum atomic E-state index is 0.0984. The zero-order valence-corrected chi connectivity index (χ0v) is 12.2. The Balaban J connectivity index is 2.05. The molecule has 106 valence electrons. The molecule has 1 atom stereocenters. The van der Waals surface area contributed by atoms with Crippen LogP contribution >= 0.6 is 12.2 Å². The molecule has 0 aromatic heterocycles. The number of aliphatic imine (C=N–C) groups is 1. The number of piperidine rings is 1. The van der Waals surface area contributed by atoms with Crippen molar-refractivity contribution in [1.82, 2.24) is 5.32 Å². The van der Waals surface area contributed by atoms with Gasteiger partial charge in [-0.3, -0.25) is 0 Å². The average Bonchev–Trinajstić information content (AvgIpc) is 2.48. The fourth-order valence-electron chi connectivity index (χ4n) is 2.24. The topological polar surface area (TPSA) is 59.6 Å². The van der Waals surface area contributed by atoms with E-state index in [1.165, 1.54) is 24.5 Å². The maximum Gasteiger partial charge on any atom is 0.290 e. The predicted octanol–water partition coefficient (Wildman–Crippen LogP) is 2.36. The molecule has 0 amide bonds. The molecule has 1 fully saturated rings. The van der Waals surface area contributed by atoms with Crippen molar-refractivity contribution in [1.29, 1.82) is 0 Å². The van der Waals surface area contributed by atoms with Crippen molar-refractivity contribution >= 4 is 23.2 Å². The molecular formula is C15H19N3OS. The highest BCUT2D eigenvalue weighted by Gasteiger charge is 2.15. The Morgan fingerprint density at radius 2 is 2.40 bits per heavy atom. The summed E-state index contributed by atoms with van der Waals surface area (Å²) in [5, 5.41) is 3.51. The minimum absolute atomic E-state index is 0.0984. The van der Waals surface area contributed by atoms with Gasteiger partial charge in [-0.1, -0.05) is 18.7 Å². The zero-order chi connectivity index (χ0) is 14.4. The van der Waals surface area contributed by atoms with E-state index in [0.717, 1.165) is 13.1 Å². The number of nitrogens with zero attached hydrogens (tertiary/aromatic N) is 1. The summed E-state index contributed by atoms with van der Waals surface area (Å²) in [5.74, 6) is 1.48. The molecule has 1 aliphatic heterocycles. The maximum absolute atomic E-state index is 5.53. The number of rotatable bonds is 3. The largest absolute Gasteiger partial charge is 0.430 e. The lowest BCUT2D eigenvalue weighted by molar-refractivity contribution is 0.460. The van der Waals surface area contributed by atoms with E-state index in [0.29, 0.717) is 11.7 Å². The quantitative estimate of drug-likeness (QED) is 0.509. The number of nitrogens with one attached hydrogen (secondary N) is 1. The monoisotopic (exact) mass is 289 g/mol. The molecule has 0 aliphatic carbocycles. The van der Waals surface area contributed by atoms with Gasteiger partial charge < -0.3 is 15.8 Å². The second-order valence-electron chi connectivity index (χ2n) is 4.72. The zero-order valence-electron chi connectivity index (χ0n) is 11.3. The van der Waals surface area contributed by atoms with Crippen LogP contribution in [0.5, 0.6) is 5.75 Å². The Labute approximate surface area is 124 Å². The van der Waals surface area contributed by atoms with Crippen molar-refractivity contribution < 1.29 is 4.74 Å². The third-order valence-corrected chi connectivity index (χ3v) is 3.44. The first-order valence-corrected chi connectivity index (χ1v) is 7.09. The number of thiocarbonyl (C=S) groups is 1. The molecule has 0 radical (unpaired) electrons. The highest BCUT2D eigenvalue weighted by molar-refractivity contribution is 7.80. The third-order valence-electron chi connectivity index (χ3n) is 3.26. The van der Waals surface area contributed by atoms with Gasteiger partial charge in [0.05, 0.1) is 0 Å². The van der Waals surface area contributed by atoms with Gasteiger partial charge in [0.2, 0.25) is 0 Å². The number of nitrogens with two attached hydrogens (primary N) is 1. The van der Waals surface area contributed by atoms with Crippen molar-refractivity contribution in [2.45, 2.75) is 18.8 Å². The van der Waals surface area contributed by atoms with Gasteiger partial charge >= 0.3 is 0 Å². The molecular weight excluding hydrogens is 270 g/mol. The molecule has 1 aromatic carbocycles. The van der Waals surface area contributed by atoms with Crippen molar-refractivity contribution in [2.24, 2.45) is 10.7 Å². The molecule has 0 saturated carbocycles. The van der Waals surface area contributed by atoms with Crippen LogP contribution in [0.1, 0.15) is 24.3 Å².